The van der Waals surface area contributed by atoms with Gasteiger partial charge in [-0.1, -0.05) is 29.8 Å². The smallest absolute Gasteiger partial charge is 0.264 e. The monoisotopic (exact) mass is 487 g/mol. The first-order valence-electron chi connectivity index (χ1n) is 10.4. The van der Waals surface area contributed by atoms with Crippen LogP contribution in [0, 0.1) is 5.82 Å². The Morgan fingerprint density at radius 3 is 2.48 bits per heavy atom. The van der Waals surface area contributed by atoms with E-state index in [-0.39, 0.29) is 27.4 Å². The maximum absolute atomic E-state index is 13.2. The van der Waals surface area contributed by atoms with Crippen molar-refractivity contribution in [1.82, 2.24) is 4.90 Å². The molecule has 6 nitrogen and oxygen atoms in total. The minimum absolute atomic E-state index is 0.0692. The van der Waals surface area contributed by atoms with Crippen molar-refractivity contribution in [2.45, 2.75) is 17.4 Å². The van der Waals surface area contributed by atoms with E-state index in [1.165, 1.54) is 49.5 Å². The van der Waals surface area contributed by atoms with Crippen molar-refractivity contribution in [3.05, 3.63) is 89.2 Å². The van der Waals surface area contributed by atoms with Crippen molar-refractivity contribution in [3.63, 3.8) is 0 Å². The van der Waals surface area contributed by atoms with Gasteiger partial charge in [0, 0.05) is 31.9 Å². The first-order valence-corrected chi connectivity index (χ1v) is 12.2. The molecule has 0 spiro atoms. The topological polar surface area (TPSA) is 69.7 Å². The fourth-order valence-electron chi connectivity index (χ4n) is 3.78. The van der Waals surface area contributed by atoms with E-state index in [0.717, 1.165) is 16.4 Å². The summed E-state index contributed by atoms with van der Waals surface area (Å²) in [5.74, 6) is -0.784. The lowest BCUT2D eigenvalue weighted by molar-refractivity contribution is 0.0791. The summed E-state index contributed by atoms with van der Waals surface area (Å²) in [6, 6.07) is 19.0. The number of sulfonamides is 1. The number of hydrogen-bond donors (Lipinski definition) is 1. The van der Waals surface area contributed by atoms with Crippen molar-refractivity contribution in [1.29, 1.82) is 0 Å². The summed E-state index contributed by atoms with van der Waals surface area (Å²) in [5, 5.41) is 3.59. The lowest BCUT2D eigenvalue weighted by atomic mass is 10.2. The molecule has 1 atom stereocenters. The van der Waals surface area contributed by atoms with Gasteiger partial charge in [0.25, 0.3) is 15.9 Å². The van der Waals surface area contributed by atoms with E-state index in [4.69, 9.17) is 11.6 Å². The number of carbonyl (C=O) groups is 1. The van der Waals surface area contributed by atoms with E-state index < -0.39 is 15.8 Å². The average Bonchev–Trinajstić information content (AvgIpc) is 3.28. The first-order chi connectivity index (χ1) is 15.8. The number of nitrogens with one attached hydrogen (secondary N) is 1. The number of nitrogens with zero attached hydrogens (tertiary/aromatic N) is 2. The number of anilines is 2. The number of carbonyl (C=O) groups excluding carboxylic acids is 1. The zero-order valence-electron chi connectivity index (χ0n) is 17.9. The van der Waals surface area contributed by atoms with Gasteiger partial charge in [0.15, 0.2) is 0 Å². The molecule has 0 aliphatic carbocycles. The van der Waals surface area contributed by atoms with E-state index in [1.54, 1.807) is 4.90 Å². The molecule has 3 aromatic rings. The van der Waals surface area contributed by atoms with Gasteiger partial charge < -0.3 is 10.2 Å². The molecule has 1 N–H and O–H groups in total. The minimum Gasteiger partial charge on any atom is -0.380 e. The molecule has 1 heterocycles. The van der Waals surface area contributed by atoms with Gasteiger partial charge in [-0.25, -0.2) is 12.8 Å². The Hall–Kier alpha value is -3.10. The fraction of sp³-hybridized carbons (Fsp3) is 0.208. The number of hydrogen-bond acceptors (Lipinski definition) is 4. The largest absolute Gasteiger partial charge is 0.380 e. The second-order valence-corrected chi connectivity index (χ2v) is 10.2. The van der Waals surface area contributed by atoms with Crippen LogP contribution in [-0.2, 0) is 10.0 Å². The van der Waals surface area contributed by atoms with E-state index in [9.17, 15) is 17.6 Å². The normalized spacial score (nSPS) is 16.0. The quantitative estimate of drug-likeness (QED) is 0.550. The first kappa shape index (κ1) is 23.1. The molecule has 0 aromatic heterocycles. The lowest BCUT2D eigenvalue weighted by Crippen LogP contribution is -2.32. The van der Waals surface area contributed by atoms with Crippen LogP contribution in [0.25, 0.3) is 0 Å². The van der Waals surface area contributed by atoms with Crippen LogP contribution in [0.4, 0.5) is 15.8 Å². The molecule has 1 amide bonds. The Morgan fingerprint density at radius 2 is 1.79 bits per heavy atom. The second-order valence-electron chi connectivity index (χ2n) is 7.84. The predicted octanol–water partition coefficient (Wildman–Crippen LogP) is 4.63. The van der Waals surface area contributed by atoms with Gasteiger partial charge in [-0.3, -0.25) is 9.10 Å². The highest BCUT2D eigenvalue weighted by molar-refractivity contribution is 7.92. The molecule has 3 aromatic carbocycles. The number of halogens is 2. The fourth-order valence-corrected chi connectivity index (χ4v) is 5.20. The Balaban J connectivity index is 1.53. The third-order valence-electron chi connectivity index (χ3n) is 5.64. The van der Waals surface area contributed by atoms with Crippen LogP contribution in [0.15, 0.2) is 77.7 Å². The summed E-state index contributed by atoms with van der Waals surface area (Å²) in [7, 11) is -2.61. The third-order valence-corrected chi connectivity index (χ3v) is 7.75. The van der Waals surface area contributed by atoms with Gasteiger partial charge in [0.1, 0.15) is 5.82 Å². The van der Waals surface area contributed by atoms with Crippen molar-refractivity contribution in [2.75, 3.05) is 29.8 Å². The van der Waals surface area contributed by atoms with Gasteiger partial charge in [-0.2, -0.15) is 0 Å². The summed E-state index contributed by atoms with van der Waals surface area (Å²) in [5.41, 5.74) is 1.41. The SMILES string of the molecule is CN(c1ccc(F)cc1)S(=O)(=O)c1ccc(Cl)c(C(=O)N2CCC(Nc3ccccc3)C2)c1. The number of rotatable bonds is 6. The lowest BCUT2D eigenvalue weighted by Gasteiger charge is -2.21. The molecule has 172 valence electrons. The molecular formula is C24H23ClFN3O3S. The van der Waals surface area contributed by atoms with Crippen molar-refractivity contribution in [2.24, 2.45) is 0 Å². The van der Waals surface area contributed by atoms with Crippen LogP contribution in [0.3, 0.4) is 0 Å². The van der Waals surface area contributed by atoms with Gasteiger partial charge in [-0.15, -0.1) is 0 Å². The third kappa shape index (κ3) is 4.96. The maximum Gasteiger partial charge on any atom is 0.264 e. The molecular weight excluding hydrogens is 465 g/mol. The average molecular weight is 488 g/mol. The second kappa shape index (κ2) is 9.41. The number of amides is 1. The highest BCUT2D eigenvalue weighted by atomic mass is 35.5. The molecule has 1 aliphatic heterocycles. The van der Waals surface area contributed by atoms with Crippen LogP contribution < -0.4 is 9.62 Å². The molecule has 0 radical (unpaired) electrons. The van der Waals surface area contributed by atoms with Crippen molar-refractivity contribution < 1.29 is 17.6 Å². The van der Waals surface area contributed by atoms with Gasteiger partial charge in [0.05, 0.1) is 21.2 Å². The zero-order chi connectivity index (χ0) is 23.6. The predicted molar refractivity (Wildman–Crippen MR) is 128 cm³/mol. The molecule has 0 bridgehead atoms. The molecule has 1 saturated heterocycles. The van der Waals surface area contributed by atoms with E-state index in [2.05, 4.69) is 5.32 Å². The summed E-state index contributed by atoms with van der Waals surface area (Å²) in [4.78, 5) is 14.8. The molecule has 9 heteroatoms. The molecule has 1 unspecified atom stereocenters. The standard InChI is InChI=1S/C24H23ClFN3O3S/c1-28(20-9-7-17(26)8-10-20)33(31,32)21-11-12-23(25)22(15-21)24(30)29-14-13-19(16-29)27-18-5-3-2-4-6-18/h2-12,15,19,27H,13-14,16H2,1H3. The number of benzene rings is 3. The van der Waals surface area contributed by atoms with Crippen LogP contribution in [-0.4, -0.2) is 45.4 Å². The molecule has 0 saturated carbocycles. The van der Waals surface area contributed by atoms with Crippen LogP contribution in [0.5, 0.6) is 0 Å². The van der Waals surface area contributed by atoms with Gasteiger partial charge in [-0.05, 0) is 61.0 Å². The van der Waals surface area contributed by atoms with Gasteiger partial charge >= 0.3 is 0 Å². The Morgan fingerprint density at radius 1 is 1.09 bits per heavy atom. The van der Waals surface area contributed by atoms with E-state index in [1.807, 2.05) is 30.3 Å². The van der Waals surface area contributed by atoms with Crippen molar-refractivity contribution >= 4 is 38.9 Å². The molecule has 33 heavy (non-hydrogen) atoms. The van der Waals surface area contributed by atoms with Gasteiger partial charge in [0.2, 0.25) is 0 Å². The minimum atomic E-state index is -3.98. The van der Waals surface area contributed by atoms with E-state index in [0.29, 0.717) is 18.8 Å². The Bertz CT molecular complexity index is 1250. The van der Waals surface area contributed by atoms with Crippen LogP contribution in [0.1, 0.15) is 16.8 Å². The Kier molecular flexibility index (Phi) is 6.58. The maximum atomic E-state index is 13.2. The highest BCUT2D eigenvalue weighted by Crippen LogP contribution is 2.28. The molecule has 1 aliphatic rings. The van der Waals surface area contributed by atoms with E-state index >= 15 is 0 Å². The number of para-hydroxylation sites is 1. The Labute approximate surface area is 197 Å². The summed E-state index contributed by atoms with van der Waals surface area (Å²) >= 11 is 6.29. The highest BCUT2D eigenvalue weighted by Gasteiger charge is 2.30. The van der Waals surface area contributed by atoms with Crippen molar-refractivity contribution in [3.8, 4) is 0 Å². The zero-order valence-corrected chi connectivity index (χ0v) is 19.5. The van der Waals surface area contributed by atoms with Crippen LogP contribution >= 0.6 is 11.6 Å². The molecule has 4 rings (SSSR count). The summed E-state index contributed by atoms with van der Waals surface area (Å²) < 4.78 is 40.5. The van der Waals surface area contributed by atoms with Crippen LogP contribution in [0.2, 0.25) is 5.02 Å². The number of likely N-dealkylation sites (tertiary alicyclic amines) is 1. The molecule has 1 fully saturated rings. The summed E-state index contributed by atoms with van der Waals surface area (Å²) in [6.45, 7) is 1.02. The summed E-state index contributed by atoms with van der Waals surface area (Å²) in [6.07, 6.45) is 0.767.